The molecule has 3 nitrogen and oxygen atoms in total. The normalized spacial score (nSPS) is 24.4. The third kappa shape index (κ3) is 3.83. The fourth-order valence-corrected chi connectivity index (χ4v) is 3.96. The van der Waals surface area contributed by atoms with Crippen LogP contribution in [0.25, 0.3) is 0 Å². The molecule has 1 aromatic rings. The first kappa shape index (κ1) is 15.5. The van der Waals surface area contributed by atoms with Crippen LogP contribution in [0.2, 0.25) is 0 Å². The zero-order valence-corrected chi connectivity index (χ0v) is 13.5. The highest BCUT2D eigenvalue weighted by Crippen LogP contribution is 2.29. The summed E-state index contributed by atoms with van der Waals surface area (Å²) in [6.07, 6.45) is 4.04. The Hall–Kier alpha value is -0.870. The van der Waals surface area contributed by atoms with E-state index in [1.807, 2.05) is 18.3 Å². The molecule has 0 saturated heterocycles. The van der Waals surface area contributed by atoms with Gasteiger partial charge in [0, 0.05) is 17.0 Å². The maximum atomic E-state index is 11.7. The Morgan fingerprint density at radius 1 is 1.45 bits per heavy atom. The highest BCUT2D eigenvalue weighted by atomic mass is 32.1. The van der Waals surface area contributed by atoms with E-state index in [0.29, 0.717) is 18.7 Å². The molecule has 1 atom stereocenters. The van der Waals surface area contributed by atoms with Gasteiger partial charge in [-0.15, -0.1) is 11.3 Å². The van der Waals surface area contributed by atoms with Crippen LogP contribution in [0.5, 0.6) is 0 Å². The van der Waals surface area contributed by atoms with Crippen LogP contribution < -0.4 is 5.32 Å². The summed E-state index contributed by atoms with van der Waals surface area (Å²) >= 11 is 1.82. The summed E-state index contributed by atoms with van der Waals surface area (Å²) in [6.45, 7) is 6.76. The van der Waals surface area contributed by atoms with Gasteiger partial charge in [0.1, 0.15) is 0 Å². The molecule has 112 valence electrons. The van der Waals surface area contributed by atoms with E-state index in [4.69, 9.17) is 4.74 Å². The fourth-order valence-electron chi connectivity index (χ4n) is 3.01. The maximum absolute atomic E-state index is 11.7. The van der Waals surface area contributed by atoms with E-state index in [9.17, 15) is 4.79 Å². The van der Waals surface area contributed by atoms with Gasteiger partial charge in [0.2, 0.25) is 0 Å². The molecule has 20 heavy (non-hydrogen) atoms. The van der Waals surface area contributed by atoms with Crippen LogP contribution in [-0.2, 0) is 9.53 Å². The first-order valence-corrected chi connectivity index (χ1v) is 8.46. The standard InChI is InChI=1S/C16H25NO2S/c1-4-19-16(18)13-5-7-14(8-6-13)17-12(3)15-11(2)9-10-20-15/h9-10,12-14,17H,4-8H2,1-3H3. The van der Waals surface area contributed by atoms with E-state index in [2.05, 4.69) is 30.6 Å². The summed E-state index contributed by atoms with van der Waals surface area (Å²) in [4.78, 5) is 13.1. The van der Waals surface area contributed by atoms with Crippen LogP contribution in [-0.4, -0.2) is 18.6 Å². The average Bonchev–Trinajstić information content (AvgIpc) is 2.86. The summed E-state index contributed by atoms with van der Waals surface area (Å²) in [6, 6.07) is 3.10. The number of thiophene rings is 1. The first-order valence-electron chi connectivity index (χ1n) is 7.58. The molecule has 0 bridgehead atoms. The van der Waals surface area contributed by atoms with Gasteiger partial charge in [0.25, 0.3) is 0 Å². The van der Waals surface area contributed by atoms with E-state index >= 15 is 0 Å². The number of hydrogen-bond acceptors (Lipinski definition) is 4. The molecule has 0 radical (unpaired) electrons. The van der Waals surface area contributed by atoms with E-state index in [1.54, 1.807) is 0 Å². The number of rotatable bonds is 5. The van der Waals surface area contributed by atoms with Crippen molar-refractivity contribution in [2.75, 3.05) is 6.61 Å². The molecule has 1 heterocycles. The second-order valence-electron chi connectivity index (χ2n) is 5.66. The SMILES string of the molecule is CCOC(=O)C1CCC(NC(C)c2sccc2C)CC1. The number of esters is 1. The number of ether oxygens (including phenoxy) is 1. The van der Waals surface area contributed by atoms with Crippen molar-refractivity contribution < 1.29 is 9.53 Å². The van der Waals surface area contributed by atoms with Gasteiger partial charge in [0.05, 0.1) is 12.5 Å². The lowest BCUT2D eigenvalue weighted by Gasteiger charge is -2.30. The quantitative estimate of drug-likeness (QED) is 0.839. The number of carbonyl (C=O) groups excluding carboxylic acids is 1. The Morgan fingerprint density at radius 3 is 2.70 bits per heavy atom. The maximum Gasteiger partial charge on any atom is 0.308 e. The van der Waals surface area contributed by atoms with E-state index < -0.39 is 0 Å². The molecule has 4 heteroatoms. The lowest BCUT2D eigenvalue weighted by molar-refractivity contribution is -0.149. The van der Waals surface area contributed by atoms with Crippen molar-refractivity contribution >= 4 is 17.3 Å². The molecule has 1 unspecified atom stereocenters. The summed E-state index contributed by atoms with van der Waals surface area (Å²) in [7, 11) is 0. The van der Waals surface area contributed by atoms with Crippen LogP contribution >= 0.6 is 11.3 Å². The molecule has 1 aromatic heterocycles. The second kappa shape index (κ2) is 7.23. The van der Waals surface area contributed by atoms with Crippen molar-refractivity contribution in [1.82, 2.24) is 5.32 Å². The Labute approximate surface area is 125 Å². The zero-order chi connectivity index (χ0) is 14.5. The molecule has 0 spiro atoms. The van der Waals surface area contributed by atoms with Crippen LogP contribution in [0.4, 0.5) is 0 Å². The number of aryl methyl sites for hydroxylation is 1. The second-order valence-corrected chi connectivity index (χ2v) is 6.60. The number of hydrogen-bond donors (Lipinski definition) is 1. The average molecular weight is 295 g/mol. The van der Waals surface area contributed by atoms with Crippen molar-refractivity contribution in [1.29, 1.82) is 0 Å². The Bertz CT molecular complexity index is 435. The van der Waals surface area contributed by atoms with Crippen LogP contribution in [0.1, 0.15) is 56.0 Å². The molecule has 0 amide bonds. The predicted molar refractivity (Wildman–Crippen MR) is 83.0 cm³/mol. The van der Waals surface area contributed by atoms with Gasteiger partial charge in [-0.05, 0) is 63.5 Å². The van der Waals surface area contributed by atoms with Gasteiger partial charge in [0.15, 0.2) is 0 Å². The van der Waals surface area contributed by atoms with Gasteiger partial charge < -0.3 is 10.1 Å². The van der Waals surface area contributed by atoms with Gasteiger partial charge in [-0.3, -0.25) is 4.79 Å². The third-order valence-electron chi connectivity index (χ3n) is 4.13. The minimum absolute atomic E-state index is 0.00639. The van der Waals surface area contributed by atoms with Crippen molar-refractivity contribution in [3.8, 4) is 0 Å². The third-order valence-corrected chi connectivity index (χ3v) is 5.33. The molecule has 1 aliphatic carbocycles. The number of carbonyl (C=O) groups is 1. The molecular weight excluding hydrogens is 270 g/mol. The van der Waals surface area contributed by atoms with Crippen molar-refractivity contribution in [3.63, 3.8) is 0 Å². The molecule has 1 N–H and O–H groups in total. The van der Waals surface area contributed by atoms with Crippen molar-refractivity contribution in [2.24, 2.45) is 5.92 Å². The van der Waals surface area contributed by atoms with Crippen LogP contribution in [0, 0.1) is 12.8 Å². The topological polar surface area (TPSA) is 38.3 Å². The smallest absolute Gasteiger partial charge is 0.308 e. The van der Waals surface area contributed by atoms with Crippen LogP contribution in [0.3, 0.4) is 0 Å². The predicted octanol–water partition coefficient (Wildman–Crippen LogP) is 3.83. The summed E-state index contributed by atoms with van der Waals surface area (Å²) in [5, 5.41) is 5.87. The number of nitrogens with one attached hydrogen (secondary N) is 1. The van der Waals surface area contributed by atoms with Gasteiger partial charge in [-0.25, -0.2) is 0 Å². The molecule has 1 saturated carbocycles. The van der Waals surface area contributed by atoms with Crippen molar-refractivity contribution in [3.05, 3.63) is 21.9 Å². The summed E-state index contributed by atoms with van der Waals surface area (Å²) in [5.41, 5.74) is 1.37. The van der Waals surface area contributed by atoms with Crippen molar-refractivity contribution in [2.45, 2.75) is 58.5 Å². The highest BCUT2D eigenvalue weighted by molar-refractivity contribution is 7.10. The molecule has 0 aliphatic heterocycles. The zero-order valence-electron chi connectivity index (χ0n) is 12.6. The highest BCUT2D eigenvalue weighted by Gasteiger charge is 2.28. The lowest BCUT2D eigenvalue weighted by Crippen LogP contribution is -2.36. The molecule has 1 aliphatic rings. The molecule has 1 fully saturated rings. The van der Waals surface area contributed by atoms with Crippen LogP contribution in [0.15, 0.2) is 11.4 Å². The summed E-state index contributed by atoms with van der Waals surface area (Å²) < 4.78 is 5.11. The summed E-state index contributed by atoms with van der Waals surface area (Å²) in [5.74, 6) is 0.111. The molecular formula is C16H25NO2S. The first-order chi connectivity index (χ1) is 9.61. The van der Waals surface area contributed by atoms with E-state index in [-0.39, 0.29) is 11.9 Å². The Balaban J connectivity index is 1.80. The lowest BCUT2D eigenvalue weighted by atomic mass is 9.85. The largest absolute Gasteiger partial charge is 0.466 e. The van der Waals surface area contributed by atoms with Gasteiger partial charge >= 0.3 is 5.97 Å². The molecule has 2 rings (SSSR count). The Morgan fingerprint density at radius 2 is 2.15 bits per heavy atom. The van der Waals surface area contributed by atoms with E-state index in [0.717, 1.165) is 25.7 Å². The minimum atomic E-state index is -0.00639. The van der Waals surface area contributed by atoms with E-state index in [1.165, 1.54) is 10.4 Å². The minimum Gasteiger partial charge on any atom is -0.466 e. The Kier molecular flexibility index (Phi) is 5.61. The van der Waals surface area contributed by atoms with Gasteiger partial charge in [-0.2, -0.15) is 0 Å². The fraction of sp³-hybridized carbons (Fsp3) is 0.688. The van der Waals surface area contributed by atoms with Gasteiger partial charge in [-0.1, -0.05) is 0 Å². The molecule has 0 aromatic carbocycles. The monoisotopic (exact) mass is 295 g/mol.